The number of nitrogens with one attached hydrogen (secondary N) is 2. The molecule has 3 aromatic heterocycles. The average molecular weight is 393 g/mol. The zero-order valence-electron chi connectivity index (χ0n) is 14.5. The van der Waals surface area contributed by atoms with Crippen LogP contribution in [0.3, 0.4) is 0 Å². The topological polar surface area (TPSA) is 118 Å². The van der Waals surface area contributed by atoms with E-state index in [9.17, 15) is 13.2 Å². The largest absolute Gasteiger partial charge is 0.350 e. The summed E-state index contributed by atoms with van der Waals surface area (Å²) in [6.07, 6.45) is 5.79. The molecule has 0 fully saturated rings. The van der Waals surface area contributed by atoms with Gasteiger partial charge in [0.25, 0.3) is 5.91 Å². The molecule has 0 unspecified atom stereocenters. The van der Waals surface area contributed by atoms with Crippen LogP contribution in [-0.4, -0.2) is 34.3 Å². The van der Waals surface area contributed by atoms with Gasteiger partial charge in [0.2, 0.25) is 9.84 Å². The van der Waals surface area contributed by atoms with Crippen molar-refractivity contribution in [2.24, 2.45) is 0 Å². The number of carbonyl (C=O) groups excluding carboxylic acids is 1. The number of aromatic nitrogens is 4. The molecule has 3 heterocycles. The van der Waals surface area contributed by atoms with E-state index in [1.165, 1.54) is 24.5 Å². The molecule has 0 saturated carbocycles. The maximum Gasteiger partial charge on any atom is 0.268 e. The molecule has 4 aromatic rings. The molecular weight excluding hydrogens is 378 g/mol. The number of benzene rings is 1. The Morgan fingerprint density at radius 3 is 2.46 bits per heavy atom. The summed E-state index contributed by atoms with van der Waals surface area (Å²) >= 11 is 0. The maximum atomic E-state index is 12.5. The molecular formula is C19H15N5O3S. The predicted octanol–water partition coefficient (Wildman–Crippen LogP) is 2.12. The van der Waals surface area contributed by atoms with Crippen molar-refractivity contribution in [2.75, 3.05) is 0 Å². The van der Waals surface area contributed by atoms with Crippen LogP contribution in [-0.2, 0) is 16.4 Å². The van der Waals surface area contributed by atoms with E-state index in [0.717, 1.165) is 10.9 Å². The van der Waals surface area contributed by atoms with Crippen molar-refractivity contribution in [3.8, 4) is 0 Å². The van der Waals surface area contributed by atoms with E-state index in [2.05, 4.69) is 25.3 Å². The lowest BCUT2D eigenvalue weighted by molar-refractivity contribution is 0.0945. The molecule has 4 rings (SSSR count). The Hall–Kier alpha value is -3.59. The van der Waals surface area contributed by atoms with Crippen molar-refractivity contribution in [1.29, 1.82) is 0 Å². The molecule has 140 valence electrons. The number of hydrogen-bond donors (Lipinski definition) is 2. The van der Waals surface area contributed by atoms with Crippen molar-refractivity contribution in [3.05, 3.63) is 78.8 Å². The molecule has 8 nitrogen and oxygen atoms in total. The quantitative estimate of drug-likeness (QED) is 0.536. The SMILES string of the molecule is O=C(NCc1ncc(S(=O)(=O)c2ccccc2)cn1)c1cc2cnccc2[nH]1. The van der Waals surface area contributed by atoms with E-state index >= 15 is 0 Å². The van der Waals surface area contributed by atoms with Crippen LogP contribution in [0.4, 0.5) is 0 Å². The van der Waals surface area contributed by atoms with Crippen LogP contribution in [0.1, 0.15) is 16.3 Å². The van der Waals surface area contributed by atoms with Gasteiger partial charge in [-0.05, 0) is 24.3 Å². The number of pyridine rings is 1. The monoisotopic (exact) mass is 393 g/mol. The van der Waals surface area contributed by atoms with E-state index in [4.69, 9.17) is 0 Å². The van der Waals surface area contributed by atoms with Gasteiger partial charge in [-0.2, -0.15) is 0 Å². The number of H-pyrrole nitrogens is 1. The van der Waals surface area contributed by atoms with Gasteiger partial charge in [0.05, 0.1) is 11.4 Å². The van der Waals surface area contributed by atoms with Crippen molar-refractivity contribution < 1.29 is 13.2 Å². The Balaban J connectivity index is 1.45. The van der Waals surface area contributed by atoms with Gasteiger partial charge < -0.3 is 10.3 Å². The lowest BCUT2D eigenvalue weighted by atomic mass is 10.3. The van der Waals surface area contributed by atoms with Gasteiger partial charge in [-0.1, -0.05) is 18.2 Å². The Kier molecular flexibility index (Phi) is 4.58. The lowest BCUT2D eigenvalue weighted by Gasteiger charge is -2.06. The number of rotatable bonds is 5. The standard InChI is InChI=1S/C19H15N5O3S/c25-19(17-8-13-9-20-7-6-16(13)24-17)23-12-18-21-10-15(11-22-18)28(26,27)14-4-2-1-3-5-14/h1-11,24H,12H2,(H,23,25). The lowest BCUT2D eigenvalue weighted by Crippen LogP contribution is -2.24. The Labute approximate surface area is 160 Å². The summed E-state index contributed by atoms with van der Waals surface area (Å²) in [5.41, 5.74) is 1.21. The third-order valence-corrected chi connectivity index (χ3v) is 5.84. The second kappa shape index (κ2) is 7.20. The molecule has 0 atom stereocenters. The van der Waals surface area contributed by atoms with Crippen LogP contribution in [0, 0.1) is 0 Å². The van der Waals surface area contributed by atoms with E-state index in [0.29, 0.717) is 11.5 Å². The zero-order valence-corrected chi connectivity index (χ0v) is 15.3. The number of hydrogen-bond acceptors (Lipinski definition) is 6. The number of nitrogens with zero attached hydrogens (tertiary/aromatic N) is 3. The molecule has 0 radical (unpaired) electrons. The fourth-order valence-electron chi connectivity index (χ4n) is 2.66. The van der Waals surface area contributed by atoms with Gasteiger partial charge in [-0.3, -0.25) is 9.78 Å². The first-order chi connectivity index (χ1) is 13.5. The van der Waals surface area contributed by atoms with Crippen LogP contribution < -0.4 is 5.32 Å². The highest BCUT2D eigenvalue weighted by atomic mass is 32.2. The summed E-state index contributed by atoms with van der Waals surface area (Å²) in [6.45, 7) is 0.0676. The third-order valence-electron chi connectivity index (χ3n) is 4.12. The first kappa shape index (κ1) is 17.8. The van der Waals surface area contributed by atoms with Gasteiger partial charge in [0, 0.05) is 35.7 Å². The zero-order chi connectivity index (χ0) is 19.6. The summed E-state index contributed by atoms with van der Waals surface area (Å²) in [7, 11) is -3.67. The van der Waals surface area contributed by atoms with Crippen molar-refractivity contribution >= 4 is 26.6 Å². The van der Waals surface area contributed by atoms with Crippen molar-refractivity contribution in [3.63, 3.8) is 0 Å². The Bertz CT molecular complexity index is 1200. The molecule has 2 N–H and O–H groups in total. The van der Waals surface area contributed by atoms with Crippen molar-refractivity contribution in [1.82, 2.24) is 25.3 Å². The van der Waals surface area contributed by atoms with Gasteiger partial charge in [0.15, 0.2) is 0 Å². The number of sulfone groups is 1. The first-order valence-corrected chi connectivity index (χ1v) is 9.84. The van der Waals surface area contributed by atoms with Crippen LogP contribution in [0.5, 0.6) is 0 Å². The second-order valence-corrected chi connectivity index (χ2v) is 7.93. The fraction of sp³-hybridized carbons (Fsp3) is 0.0526. The van der Waals surface area contributed by atoms with E-state index in [1.54, 1.807) is 42.7 Å². The number of amides is 1. The highest BCUT2D eigenvalue weighted by Gasteiger charge is 2.18. The van der Waals surface area contributed by atoms with Crippen LogP contribution in [0.15, 0.2) is 77.0 Å². The smallest absolute Gasteiger partial charge is 0.268 e. The molecule has 0 aliphatic heterocycles. The van der Waals surface area contributed by atoms with Crippen LogP contribution >= 0.6 is 0 Å². The highest BCUT2D eigenvalue weighted by Crippen LogP contribution is 2.19. The van der Waals surface area contributed by atoms with E-state index in [-0.39, 0.29) is 22.2 Å². The van der Waals surface area contributed by atoms with Gasteiger partial charge in [0.1, 0.15) is 16.4 Å². The maximum absolute atomic E-state index is 12.5. The van der Waals surface area contributed by atoms with Gasteiger partial charge in [-0.15, -0.1) is 0 Å². The summed E-state index contributed by atoms with van der Waals surface area (Å²) in [4.78, 5) is 27.6. The number of aromatic amines is 1. The first-order valence-electron chi connectivity index (χ1n) is 8.36. The molecule has 0 saturated heterocycles. The Morgan fingerprint density at radius 2 is 1.75 bits per heavy atom. The minimum Gasteiger partial charge on any atom is -0.350 e. The molecule has 28 heavy (non-hydrogen) atoms. The van der Waals surface area contributed by atoms with Crippen LogP contribution in [0.2, 0.25) is 0 Å². The molecule has 9 heteroatoms. The third kappa shape index (κ3) is 3.47. The molecule has 0 aliphatic rings. The fourth-order valence-corrected chi connectivity index (χ4v) is 3.83. The minimum absolute atomic E-state index is 0.00288. The predicted molar refractivity (Wildman–Crippen MR) is 101 cm³/mol. The molecule has 0 aliphatic carbocycles. The molecule has 1 aromatic carbocycles. The normalized spacial score (nSPS) is 11.4. The Morgan fingerprint density at radius 1 is 1.00 bits per heavy atom. The average Bonchev–Trinajstić information content (AvgIpc) is 3.17. The van der Waals surface area contributed by atoms with Crippen molar-refractivity contribution in [2.45, 2.75) is 16.3 Å². The molecule has 0 spiro atoms. The number of fused-ring (bicyclic) bond motifs is 1. The van der Waals surface area contributed by atoms with E-state index in [1.807, 2.05) is 0 Å². The minimum atomic E-state index is -3.67. The summed E-state index contributed by atoms with van der Waals surface area (Å²) in [5, 5.41) is 3.53. The van der Waals surface area contributed by atoms with E-state index < -0.39 is 9.84 Å². The summed E-state index contributed by atoms with van der Waals surface area (Å²) < 4.78 is 25.0. The van der Waals surface area contributed by atoms with Crippen LogP contribution in [0.25, 0.3) is 10.9 Å². The van der Waals surface area contributed by atoms with Gasteiger partial charge >= 0.3 is 0 Å². The second-order valence-electron chi connectivity index (χ2n) is 5.98. The summed E-state index contributed by atoms with van der Waals surface area (Å²) in [5.74, 6) is -0.0149. The van der Waals surface area contributed by atoms with Gasteiger partial charge in [-0.25, -0.2) is 18.4 Å². The number of carbonyl (C=O) groups is 1. The highest BCUT2D eigenvalue weighted by molar-refractivity contribution is 7.91. The molecule has 0 bridgehead atoms. The summed E-state index contributed by atoms with van der Waals surface area (Å²) in [6, 6.07) is 11.5. The molecule has 1 amide bonds.